The van der Waals surface area contributed by atoms with Crippen molar-refractivity contribution in [2.24, 2.45) is 0 Å². The van der Waals surface area contributed by atoms with Crippen molar-refractivity contribution in [3.63, 3.8) is 0 Å². The lowest BCUT2D eigenvalue weighted by Gasteiger charge is -2.36. The van der Waals surface area contributed by atoms with Crippen LogP contribution in [0.25, 0.3) is 11.5 Å². The number of anilines is 1. The van der Waals surface area contributed by atoms with Crippen LogP contribution in [0.2, 0.25) is 0 Å². The molecule has 1 aliphatic rings. The Morgan fingerprint density at radius 3 is 2.43 bits per heavy atom. The molecule has 1 aromatic carbocycles. The zero-order valence-corrected chi connectivity index (χ0v) is 15.7. The summed E-state index contributed by atoms with van der Waals surface area (Å²) >= 11 is 0. The minimum atomic E-state index is -0.513. The second-order valence-corrected chi connectivity index (χ2v) is 6.64. The Morgan fingerprint density at radius 1 is 1.00 bits per heavy atom. The van der Waals surface area contributed by atoms with Gasteiger partial charge in [-0.3, -0.25) is 4.79 Å². The van der Waals surface area contributed by atoms with Gasteiger partial charge in [0.1, 0.15) is 11.4 Å². The fourth-order valence-corrected chi connectivity index (χ4v) is 3.22. The molecular formula is C21H22N4O3. The summed E-state index contributed by atoms with van der Waals surface area (Å²) < 4.78 is 11.1. The molecule has 3 heterocycles. The normalized spacial score (nSPS) is 15.3. The number of hydrogen-bond donors (Lipinski definition) is 0. The molecule has 0 saturated carbocycles. The van der Waals surface area contributed by atoms with E-state index in [0.717, 1.165) is 5.82 Å². The number of hydrogen-bond acceptors (Lipinski definition) is 6. The van der Waals surface area contributed by atoms with Crippen molar-refractivity contribution in [1.82, 2.24) is 15.1 Å². The molecule has 1 saturated heterocycles. The van der Waals surface area contributed by atoms with Crippen LogP contribution in [0.5, 0.6) is 5.75 Å². The first-order valence-corrected chi connectivity index (χ1v) is 9.34. The Hall–Kier alpha value is -3.35. The first-order valence-electron chi connectivity index (χ1n) is 9.34. The van der Waals surface area contributed by atoms with Gasteiger partial charge >= 0.3 is 0 Å². The summed E-state index contributed by atoms with van der Waals surface area (Å²) in [5, 5.41) is 8.55. The van der Waals surface area contributed by atoms with E-state index in [1.807, 2.05) is 59.5 Å². The van der Waals surface area contributed by atoms with Crippen molar-refractivity contribution in [3.05, 3.63) is 60.9 Å². The predicted octanol–water partition coefficient (Wildman–Crippen LogP) is 2.85. The second-order valence-electron chi connectivity index (χ2n) is 6.64. The van der Waals surface area contributed by atoms with Crippen LogP contribution in [0.1, 0.15) is 6.92 Å². The van der Waals surface area contributed by atoms with Gasteiger partial charge in [0, 0.05) is 26.2 Å². The molecule has 1 aliphatic heterocycles. The van der Waals surface area contributed by atoms with E-state index in [4.69, 9.17) is 9.15 Å². The molecule has 144 valence electrons. The van der Waals surface area contributed by atoms with Gasteiger partial charge in [-0.2, -0.15) is 0 Å². The molecular weight excluding hydrogens is 356 g/mol. The van der Waals surface area contributed by atoms with E-state index in [-0.39, 0.29) is 5.91 Å². The number of nitrogens with zero attached hydrogens (tertiary/aromatic N) is 4. The van der Waals surface area contributed by atoms with Crippen LogP contribution in [0, 0.1) is 0 Å². The molecule has 0 spiro atoms. The molecule has 7 nitrogen and oxygen atoms in total. The van der Waals surface area contributed by atoms with Crippen molar-refractivity contribution < 1.29 is 13.9 Å². The predicted molar refractivity (Wildman–Crippen MR) is 105 cm³/mol. The van der Waals surface area contributed by atoms with Crippen molar-refractivity contribution in [2.45, 2.75) is 13.0 Å². The molecule has 2 aromatic heterocycles. The third-order valence-electron chi connectivity index (χ3n) is 4.74. The minimum Gasteiger partial charge on any atom is -0.481 e. The molecule has 1 fully saturated rings. The fraction of sp³-hybridized carbons (Fsp3) is 0.286. The maximum Gasteiger partial charge on any atom is 0.263 e. The van der Waals surface area contributed by atoms with Crippen LogP contribution in [-0.4, -0.2) is 53.3 Å². The number of amides is 1. The van der Waals surface area contributed by atoms with Crippen LogP contribution < -0.4 is 9.64 Å². The molecule has 1 unspecified atom stereocenters. The van der Waals surface area contributed by atoms with E-state index >= 15 is 0 Å². The van der Waals surface area contributed by atoms with Crippen LogP contribution in [0.4, 0.5) is 5.82 Å². The van der Waals surface area contributed by atoms with Gasteiger partial charge in [0.2, 0.25) is 0 Å². The molecule has 28 heavy (non-hydrogen) atoms. The van der Waals surface area contributed by atoms with Gasteiger partial charge in [0.05, 0.1) is 6.26 Å². The number of benzene rings is 1. The zero-order valence-electron chi connectivity index (χ0n) is 15.7. The summed E-state index contributed by atoms with van der Waals surface area (Å²) in [7, 11) is 0. The molecule has 0 N–H and O–H groups in total. The average molecular weight is 378 g/mol. The maximum absolute atomic E-state index is 12.7. The van der Waals surface area contributed by atoms with Crippen molar-refractivity contribution in [1.29, 1.82) is 0 Å². The second kappa shape index (κ2) is 8.12. The first-order chi connectivity index (χ1) is 13.7. The molecule has 3 aromatic rings. The molecule has 7 heteroatoms. The van der Waals surface area contributed by atoms with Crippen LogP contribution in [0.15, 0.2) is 65.3 Å². The molecule has 0 radical (unpaired) electrons. The summed E-state index contributed by atoms with van der Waals surface area (Å²) in [6.07, 6.45) is 1.10. The zero-order chi connectivity index (χ0) is 19.3. The number of piperazine rings is 1. The third kappa shape index (κ3) is 3.98. The quantitative estimate of drug-likeness (QED) is 0.680. The van der Waals surface area contributed by atoms with Gasteiger partial charge in [-0.05, 0) is 43.3 Å². The summed E-state index contributed by atoms with van der Waals surface area (Å²) in [4.78, 5) is 16.6. The van der Waals surface area contributed by atoms with Gasteiger partial charge in [-0.1, -0.05) is 18.2 Å². The maximum atomic E-state index is 12.7. The lowest BCUT2D eigenvalue weighted by molar-refractivity contribution is -0.138. The summed E-state index contributed by atoms with van der Waals surface area (Å²) in [6, 6.07) is 16.9. The summed E-state index contributed by atoms with van der Waals surface area (Å²) in [5.74, 6) is 2.20. The van der Waals surface area contributed by atoms with Gasteiger partial charge < -0.3 is 19.0 Å². The first kappa shape index (κ1) is 18.0. The highest BCUT2D eigenvalue weighted by Gasteiger charge is 2.26. The lowest BCUT2D eigenvalue weighted by atomic mass is 10.2. The van der Waals surface area contributed by atoms with Gasteiger partial charge in [0.25, 0.3) is 5.91 Å². The lowest BCUT2D eigenvalue weighted by Crippen LogP contribution is -2.52. The van der Waals surface area contributed by atoms with E-state index in [1.165, 1.54) is 0 Å². The van der Waals surface area contributed by atoms with E-state index in [0.29, 0.717) is 43.4 Å². The highest BCUT2D eigenvalue weighted by molar-refractivity contribution is 5.81. The molecule has 4 rings (SSSR count). The molecule has 1 atom stereocenters. The average Bonchev–Trinajstić information content (AvgIpc) is 3.29. The Kier molecular flexibility index (Phi) is 5.23. The van der Waals surface area contributed by atoms with E-state index < -0.39 is 6.10 Å². The number of ether oxygens (including phenoxy) is 1. The monoisotopic (exact) mass is 378 g/mol. The Bertz CT molecular complexity index is 889. The van der Waals surface area contributed by atoms with Crippen molar-refractivity contribution >= 4 is 11.7 Å². The van der Waals surface area contributed by atoms with Crippen LogP contribution >= 0.6 is 0 Å². The number of rotatable bonds is 5. The largest absolute Gasteiger partial charge is 0.481 e. The smallest absolute Gasteiger partial charge is 0.263 e. The number of aromatic nitrogens is 2. The van der Waals surface area contributed by atoms with Crippen molar-refractivity contribution in [2.75, 3.05) is 31.1 Å². The van der Waals surface area contributed by atoms with E-state index in [9.17, 15) is 4.79 Å². The third-order valence-corrected chi connectivity index (χ3v) is 4.74. The fourth-order valence-electron chi connectivity index (χ4n) is 3.22. The number of carbonyl (C=O) groups is 1. The minimum absolute atomic E-state index is 0.00255. The van der Waals surface area contributed by atoms with E-state index in [1.54, 1.807) is 13.2 Å². The summed E-state index contributed by atoms with van der Waals surface area (Å²) in [6.45, 7) is 4.46. The molecule has 0 bridgehead atoms. The number of furan rings is 1. The molecule has 1 amide bonds. The van der Waals surface area contributed by atoms with Crippen LogP contribution in [0.3, 0.4) is 0 Å². The standard InChI is InChI=1S/C21H22N4O3/c1-16(28-17-6-3-2-4-7-17)21(26)25-13-11-24(12-14-25)20-10-9-18(22-23-20)19-8-5-15-27-19/h2-10,15-16H,11-14H2,1H3. The highest BCUT2D eigenvalue weighted by Crippen LogP contribution is 2.20. The van der Waals surface area contributed by atoms with Gasteiger partial charge in [0.15, 0.2) is 17.7 Å². The van der Waals surface area contributed by atoms with Crippen molar-refractivity contribution in [3.8, 4) is 17.2 Å². The van der Waals surface area contributed by atoms with Gasteiger partial charge in [-0.25, -0.2) is 0 Å². The molecule has 0 aliphatic carbocycles. The van der Waals surface area contributed by atoms with Crippen LogP contribution in [-0.2, 0) is 4.79 Å². The highest BCUT2D eigenvalue weighted by atomic mass is 16.5. The Morgan fingerprint density at radius 2 is 1.79 bits per heavy atom. The number of carbonyl (C=O) groups excluding carboxylic acids is 1. The van der Waals surface area contributed by atoms with Gasteiger partial charge in [-0.15, -0.1) is 10.2 Å². The topological polar surface area (TPSA) is 71.7 Å². The SMILES string of the molecule is CC(Oc1ccccc1)C(=O)N1CCN(c2ccc(-c3ccco3)nn2)CC1. The number of para-hydroxylation sites is 1. The Balaban J connectivity index is 1.32. The van der Waals surface area contributed by atoms with E-state index in [2.05, 4.69) is 15.1 Å². The summed E-state index contributed by atoms with van der Waals surface area (Å²) in [5.41, 5.74) is 0.703. The Labute approximate surface area is 163 Å².